The molecule has 19 heavy (non-hydrogen) atoms. The fourth-order valence-electron chi connectivity index (χ4n) is 2.00. The van der Waals surface area contributed by atoms with Crippen molar-refractivity contribution >= 4 is 11.5 Å². The van der Waals surface area contributed by atoms with Gasteiger partial charge in [0.1, 0.15) is 0 Å². The summed E-state index contributed by atoms with van der Waals surface area (Å²) in [6, 6.07) is 22.3. The number of hydrogen-bond acceptors (Lipinski definition) is 2. The van der Waals surface area contributed by atoms with Crippen LogP contribution in [-0.4, -0.2) is 16.8 Å². The number of para-hydroxylation sites is 2. The second kappa shape index (κ2) is 4.98. The van der Waals surface area contributed by atoms with Crippen LogP contribution >= 0.6 is 0 Å². The molecule has 3 heteroatoms. The van der Waals surface area contributed by atoms with Gasteiger partial charge in [0, 0.05) is 25.0 Å². The summed E-state index contributed by atoms with van der Waals surface area (Å²) in [5.74, 6) is 0.926. The summed E-state index contributed by atoms with van der Waals surface area (Å²) in [6.45, 7) is 0. The number of aromatic nitrogens is 2. The lowest BCUT2D eigenvalue weighted by Gasteiger charge is -2.15. The zero-order valence-electron chi connectivity index (χ0n) is 10.8. The van der Waals surface area contributed by atoms with Crippen LogP contribution in [0.3, 0.4) is 0 Å². The highest BCUT2D eigenvalue weighted by atomic mass is 15.3. The normalized spacial score (nSPS) is 10.4. The third-order valence-electron chi connectivity index (χ3n) is 3.08. The highest BCUT2D eigenvalue weighted by molar-refractivity contribution is 5.58. The van der Waals surface area contributed by atoms with Gasteiger partial charge in [-0.25, -0.2) is 4.68 Å². The molecule has 2 aromatic carbocycles. The maximum atomic E-state index is 4.60. The molecule has 0 spiro atoms. The van der Waals surface area contributed by atoms with E-state index in [4.69, 9.17) is 0 Å². The average Bonchev–Trinajstić information content (AvgIpc) is 2.98. The predicted octanol–water partition coefficient (Wildman–Crippen LogP) is 3.64. The van der Waals surface area contributed by atoms with Gasteiger partial charge in [0.15, 0.2) is 5.82 Å². The van der Waals surface area contributed by atoms with Crippen LogP contribution in [0.15, 0.2) is 72.9 Å². The molecule has 0 fully saturated rings. The molecule has 0 N–H and O–H groups in total. The highest BCUT2D eigenvalue weighted by Gasteiger charge is 2.07. The second-order valence-electron chi connectivity index (χ2n) is 4.35. The summed E-state index contributed by atoms with van der Waals surface area (Å²) in [4.78, 5) is 2.07. The maximum absolute atomic E-state index is 4.60. The minimum Gasteiger partial charge on any atom is -0.328 e. The van der Waals surface area contributed by atoms with Crippen LogP contribution in [0, 0.1) is 0 Å². The Kier molecular flexibility index (Phi) is 3.02. The summed E-state index contributed by atoms with van der Waals surface area (Å²) in [5, 5.41) is 4.60. The van der Waals surface area contributed by atoms with Crippen LogP contribution in [0.25, 0.3) is 5.69 Å². The van der Waals surface area contributed by atoms with E-state index >= 15 is 0 Å². The van der Waals surface area contributed by atoms with Crippen molar-refractivity contribution in [1.29, 1.82) is 0 Å². The Morgan fingerprint density at radius 1 is 0.842 bits per heavy atom. The number of rotatable bonds is 3. The molecular formula is C16H15N3. The Bertz CT molecular complexity index is 644. The molecule has 0 radical (unpaired) electrons. The Morgan fingerprint density at radius 2 is 1.47 bits per heavy atom. The van der Waals surface area contributed by atoms with Crippen molar-refractivity contribution < 1.29 is 0 Å². The van der Waals surface area contributed by atoms with Crippen LogP contribution < -0.4 is 4.90 Å². The molecule has 0 amide bonds. The zero-order valence-corrected chi connectivity index (χ0v) is 10.8. The lowest BCUT2D eigenvalue weighted by atomic mass is 10.3. The molecule has 0 atom stereocenters. The van der Waals surface area contributed by atoms with Crippen molar-refractivity contribution in [2.75, 3.05) is 11.9 Å². The van der Waals surface area contributed by atoms with Gasteiger partial charge < -0.3 is 4.90 Å². The fraction of sp³-hybridized carbons (Fsp3) is 0.0625. The molecule has 3 aromatic rings. The van der Waals surface area contributed by atoms with E-state index in [1.54, 1.807) is 0 Å². The van der Waals surface area contributed by atoms with Crippen LogP contribution in [0.4, 0.5) is 11.5 Å². The first kappa shape index (κ1) is 11.5. The van der Waals surface area contributed by atoms with E-state index in [1.165, 1.54) is 0 Å². The quantitative estimate of drug-likeness (QED) is 0.706. The molecule has 1 aromatic heterocycles. The lowest BCUT2D eigenvalue weighted by Crippen LogP contribution is -2.10. The van der Waals surface area contributed by atoms with Gasteiger partial charge in [0.25, 0.3) is 0 Å². The standard InChI is InChI=1S/C16H15N3/c1-18(14-8-4-2-5-9-14)16-12-13-19(17-16)15-10-6-3-7-11-15/h2-13H,1H3. The van der Waals surface area contributed by atoms with Crippen LogP contribution in [0.5, 0.6) is 0 Å². The summed E-state index contributed by atoms with van der Waals surface area (Å²) in [6.07, 6.45) is 1.98. The van der Waals surface area contributed by atoms with Gasteiger partial charge in [-0.3, -0.25) is 0 Å². The maximum Gasteiger partial charge on any atom is 0.155 e. The second-order valence-corrected chi connectivity index (χ2v) is 4.35. The fourth-order valence-corrected chi connectivity index (χ4v) is 2.00. The van der Waals surface area contributed by atoms with E-state index in [9.17, 15) is 0 Å². The zero-order chi connectivity index (χ0) is 13.1. The molecule has 0 unspecified atom stereocenters. The molecule has 0 bridgehead atoms. The Labute approximate surface area is 112 Å². The first-order chi connectivity index (χ1) is 9.34. The Hall–Kier alpha value is -2.55. The summed E-state index contributed by atoms with van der Waals surface area (Å²) < 4.78 is 1.88. The summed E-state index contributed by atoms with van der Waals surface area (Å²) in [7, 11) is 2.02. The number of benzene rings is 2. The molecule has 3 nitrogen and oxygen atoms in total. The molecule has 3 rings (SSSR count). The smallest absolute Gasteiger partial charge is 0.155 e. The minimum atomic E-state index is 0.926. The third-order valence-corrected chi connectivity index (χ3v) is 3.08. The van der Waals surface area contributed by atoms with Crippen molar-refractivity contribution in [2.24, 2.45) is 0 Å². The largest absolute Gasteiger partial charge is 0.328 e. The van der Waals surface area contributed by atoms with Crippen LogP contribution in [0.2, 0.25) is 0 Å². The Morgan fingerprint density at radius 3 is 2.16 bits per heavy atom. The Balaban J connectivity index is 1.90. The van der Waals surface area contributed by atoms with E-state index in [2.05, 4.69) is 22.1 Å². The highest BCUT2D eigenvalue weighted by Crippen LogP contribution is 2.21. The van der Waals surface area contributed by atoms with Crippen molar-refractivity contribution in [3.8, 4) is 5.69 Å². The van der Waals surface area contributed by atoms with Crippen LogP contribution in [-0.2, 0) is 0 Å². The van der Waals surface area contributed by atoms with Gasteiger partial charge in [0.05, 0.1) is 5.69 Å². The van der Waals surface area contributed by atoms with Crippen molar-refractivity contribution in [2.45, 2.75) is 0 Å². The first-order valence-corrected chi connectivity index (χ1v) is 6.24. The molecule has 0 aliphatic rings. The van der Waals surface area contributed by atoms with Crippen molar-refractivity contribution in [1.82, 2.24) is 9.78 Å². The molecule has 0 saturated heterocycles. The van der Waals surface area contributed by atoms with E-state index in [0.717, 1.165) is 17.2 Å². The monoisotopic (exact) mass is 249 g/mol. The molecular weight excluding hydrogens is 234 g/mol. The van der Waals surface area contributed by atoms with E-state index in [1.807, 2.05) is 72.5 Å². The number of hydrogen-bond donors (Lipinski definition) is 0. The molecule has 0 aliphatic heterocycles. The van der Waals surface area contributed by atoms with Gasteiger partial charge >= 0.3 is 0 Å². The SMILES string of the molecule is CN(c1ccccc1)c1ccn(-c2ccccc2)n1. The van der Waals surface area contributed by atoms with Gasteiger partial charge in [-0.1, -0.05) is 36.4 Å². The predicted molar refractivity (Wildman–Crippen MR) is 78.1 cm³/mol. The molecule has 94 valence electrons. The molecule has 1 heterocycles. The number of nitrogens with zero attached hydrogens (tertiary/aromatic N) is 3. The van der Waals surface area contributed by atoms with Crippen molar-refractivity contribution in [3.05, 3.63) is 72.9 Å². The van der Waals surface area contributed by atoms with E-state index < -0.39 is 0 Å². The van der Waals surface area contributed by atoms with Gasteiger partial charge in [-0.2, -0.15) is 0 Å². The minimum absolute atomic E-state index is 0.926. The van der Waals surface area contributed by atoms with Crippen molar-refractivity contribution in [3.63, 3.8) is 0 Å². The topological polar surface area (TPSA) is 21.1 Å². The summed E-state index contributed by atoms with van der Waals surface area (Å²) >= 11 is 0. The lowest BCUT2D eigenvalue weighted by molar-refractivity contribution is 0.872. The molecule has 0 aliphatic carbocycles. The number of anilines is 2. The molecule has 0 saturated carbocycles. The summed E-state index contributed by atoms with van der Waals surface area (Å²) in [5.41, 5.74) is 2.19. The average molecular weight is 249 g/mol. The van der Waals surface area contributed by atoms with E-state index in [0.29, 0.717) is 0 Å². The van der Waals surface area contributed by atoms with Crippen LogP contribution in [0.1, 0.15) is 0 Å². The van der Waals surface area contributed by atoms with Gasteiger partial charge in [-0.05, 0) is 24.3 Å². The third kappa shape index (κ3) is 2.36. The van der Waals surface area contributed by atoms with E-state index in [-0.39, 0.29) is 0 Å². The van der Waals surface area contributed by atoms with Gasteiger partial charge in [-0.15, -0.1) is 5.10 Å². The first-order valence-electron chi connectivity index (χ1n) is 6.24. The van der Waals surface area contributed by atoms with Gasteiger partial charge in [0.2, 0.25) is 0 Å².